The van der Waals surface area contributed by atoms with E-state index in [2.05, 4.69) is 182 Å². The first-order valence-electron chi connectivity index (χ1n) is 20.5. The average Bonchev–Trinajstić information content (AvgIpc) is 3.55. The van der Waals surface area contributed by atoms with Crippen LogP contribution in [0.3, 0.4) is 0 Å². The topological polar surface area (TPSA) is 51.6 Å². The number of pyridine rings is 4. The van der Waals surface area contributed by atoms with Gasteiger partial charge in [0.25, 0.3) is 0 Å². The Bertz CT molecular complexity index is 3030. The number of fused-ring (bicyclic) bond motifs is 2. The number of aromatic nitrogens is 4. The van der Waals surface area contributed by atoms with Gasteiger partial charge in [-0.2, -0.15) is 0 Å². The van der Waals surface area contributed by atoms with Gasteiger partial charge in [0.05, 0.1) is 34.0 Å². The van der Waals surface area contributed by atoms with Crippen molar-refractivity contribution in [1.82, 2.24) is 19.9 Å². The molecule has 0 spiro atoms. The van der Waals surface area contributed by atoms with Crippen molar-refractivity contribution in [3.8, 4) is 56.2 Å². The van der Waals surface area contributed by atoms with Crippen LogP contribution in [0.1, 0.15) is 41.8 Å². The number of allylic oxidation sites excluding steroid dienone is 3. The Morgan fingerprint density at radius 2 is 1.00 bits per heavy atom. The van der Waals surface area contributed by atoms with Crippen LogP contribution in [0.2, 0.25) is 0 Å². The van der Waals surface area contributed by atoms with Crippen LogP contribution in [0, 0.1) is 0 Å². The van der Waals surface area contributed by atoms with E-state index >= 15 is 0 Å². The molecule has 286 valence electrons. The fraction of sp³-hybridized carbons (Fsp3) is 0.0714. The molecule has 0 amide bonds. The third-order valence-electron chi connectivity index (χ3n) is 11.8. The number of rotatable bonds is 8. The summed E-state index contributed by atoms with van der Waals surface area (Å²) in [5, 5.41) is 1.12. The zero-order valence-corrected chi connectivity index (χ0v) is 33.6. The van der Waals surface area contributed by atoms with Crippen LogP contribution in [-0.4, -0.2) is 19.9 Å². The molecule has 4 heteroatoms. The molecule has 0 fully saturated rings. The lowest BCUT2D eigenvalue weighted by molar-refractivity contribution is 0.641. The monoisotopic (exact) mass is 770 g/mol. The standard InChI is InChI=1S/C56H42N4/c1-56(2,45-29-24-39(25-30-45)43-26-31-51-49(35-43)47(41-16-7-4-8-17-41)37-55(60-51)53-20-10-12-33-58-53)44-27-22-38(23-28-44)42-18-13-21-50-48(34-42)46(40-14-5-3-6-15-40)36-54(59-50)52-19-9-11-32-57-52/h3-20,22-37H,21H2,1-2H3. The van der Waals surface area contributed by atoms with Crippen molar-refractivity contribution in [3.05, 3.63) is 228 Å². The van der Waals surface area contributed by atoms with Crippen LogP contribution in [0.25, 0.3) is 78.7 Å². The summed E-state index contributed by atoms with van der Waals surface area (Å²) in [5.74, 6) is 0. The number of hydrogen-bond donors (Lipinski definition) is 0. The van der Waals surface area contributed by atoms with Gasteiger partial charge in [0, 0.05) is 35.2 Å². The molecule has 0 unspecified atom stereocenters. The van der Waals surface area contributed by atoms with Gasteiger partial charge in [0.2, 0.25) is 0 Å². The van der Waals surface area contributed by atoms with E-state index in [-0.39, 0.29) is 5.41 Å². The molecule has 0 N–H and O–H groups in total. The van der Waals surface area contributed by atoms with E-state index in [9.17, 15) is 0 Å². The van der Waals surface area contributed by atoms with Crippen molar-refractivity contribution in [2.75, 3.05) is 0 Å². The van der Waals surface area contributed by atoms with Gasteiger partial charge >= 0.3 is 0 Å². The molecule has 0 saturated heterocycles. The molecule has 9 aromatic rings. The Morgan fingerprint density at radius 3 is 1.62 bits per heavy atom. The summed E-state index contributed by atoms with van der Waals surface area (Å²) >= 11 is 0. The highest BCUT2D eigenvalue weighted by atomic mass is 14.8. The van der Waals surface area contributed by atoms with Crippen LogP contribution in [0.15, 0.2) is 200 Å². The summed E-state index contributed by atoms with van der Waals surface area (Å²) in [6.07, 6.45) is 11.2. The second kappa shape index (κ2) is 15.7. The van der Waals surface area contributed by atoms with E-state index in [1.807, 2.05) is 48.8 Å². The van der Waals surface area contributed by atoms with Crippen LogP contribution in [0.4, 0.5) is 0 Å². The van der Waals surface area contributed by atoms with Crippen molar-refractivity contribution in [1.29, 1.82) is 0 Å². The van der Waals surface area contributed by atoms with Crippen LogP contribution in [0.5, 0.6) is 0 Å². The average molecular weight is 771 g/mol. The van der Waals surface area contributed by atoms with Crippen molar-refractivity contribution in [2.24, 2.45) is 0 Å². The first kappa shape index (κ1) is 36.8. The van der Waals surface area contributed by atoms with Crippen LogP contribution in [-0.2, 0) is 11.8 Å². The second-order valence-electron chi connectivity index (χ2n) is 15.9. The first-order chi connectivity index (χ1) is 29.5. The Hall–Kier alpha value is -7.56. The summed E-state index contributed by atoms with van der Waals surface area (Å²) in [6.45, 7) is 4.62. The van der Waals surface area contributed by atoms with Gasteiger partial charge < -0.3 is 0 Å². The Kier molecular flexibility index (Phi) is 9.59. The van der Waals surface area contributed by atoms with E-state index in [4.69, 9.17) is 9.97 Å². The molecular weight excluding hydrogens is 729 g/mol. The molecule has 1 aliphatic rings. The van der Waals surface area contributed by atoms with Crippen molar-refractivity contribution in [3.63, 3.8) is 0 Å². The van der Waals surface area contributed by atoms with Gasteiger partial charge in [0.1, 0.15) is 0 Å². The zero-order chi connectivity index (χ0) is 40.5. The second-order valence-corrected chi connectivity index (χ2v) is 15.9. The molecule has 60 heavy (non-hydrogen) atoms. The lowest BCUT2D eigenvalue weighted by Gasteiger charge is -2.27. The van der Waals surface area contributed by atoms with E-state index in [0.29, 0.717) is 0 Å². The van der Waals surface area contributed by atoms with E-state index in [0.717, 1.165) is 73.6 Å². The zero-order valence-electron chi connectivity index (χ0n) is 33.6. The highest BCUT2D eigenvalue weighted by Gasteiger charge is 2.24. The quantitative estimate of drug-likeness (QED) is 0.154. The minimum atomic E-state index is -0.209. The Labute approximate surface area is 351 Å². The van der Waals surface area contributed by atoms with Crippen LogP contribution < -0.4 is 0 Å². The molecular formula is C56H42N4. The highest BCUT2D eigenvalue weighted by molar-refractivity contribution is 5.99. The molecule has 10 rings (SSSR count). The normalized spacial score (nSPS) is 12.5. The molecule has 0 aliphatic heterocycles. The summed E-state index contributed by atoms with van der Waals surface area (Å²) < 4.78 is 0. The number of nitrogens with zero attached hydrogens (tertiary/aromatic N) is 4. The largest absolute Gasteiger partial charge is 0.255 e. The third kappa shape index (κ3) is 7.14. The van der Waals surface area contributed by atoms with Gasteiger partial charge in [0.15, 0.2) is 0 Å². The van der Waals surface area contributed by atoms with Gasteiger partial charge in [-0.3, -0.25) is 15.0 Å². The van der Waals surface area contributed by atoms with E-state index in [1.54, 1.807) is 0 Å². The van der Waals surface area contributed by atoms with Gasteiger partial charge in [-0.25, -0.2) is 4.98 Å². The maximum Gasteiger partial charge on any atom is 0.0900 e. The third-order valence-corrected chi connectivity index (χ3v) is 11.8. The van der Waals surface area contributed by atoms with E-state index < -0.39 is 0 Å². The molecule has 4 heterocycles. The first-order valence-corrected chi connectivity index (χ1v) is 20.5. The summed E-state index contributed by atoms with van der Waals surface area (Å²) in [7, 11) is 0. The minimum Gasteiger partial charge on any atom is -0.255 e. The molecule has 0 atom stereocenters. The van der Waals surface area contributed by atoms with Crippen molar-refractivity contribution in [2.45, 2.75) is 25.7 Å². The Balaban J connectivity index is 0.945. The summed E-state index contributed by atoms with van der Waals surface area (Å²) in [5.41, 5.74) is 18.3. The van der Waals surface area contributed by atoms with Gasteiger partial charge in [-0.05, 0) is 110 Å². The SMILES string of the molecule is CC(C)(c1ccc(C2=Cc3c(-c4ccccc4)cc(-c4ccccn4)nc3CC=C2)cc1)c1ccc(-c2ccc3nc(-c4ccccn4)cc(-c4ccccc4)c3c2)cc1. The summed E-state index contributed by atoms with van der Waals surface area (Å²) in [6, 6.07) is 62.2. The molecule has 0 saturated carbocycles. The smallest absolute Gasteiger partial charge is 0.0900 e. The summed E-state index contributed by atoms with van der Waals surface area (Å²) in [4.78, 5) is 19.4. The van der Waals surface area contributed by atoms with Gasteiger partial charge in [-0.1, -0.05) is 153 Å². The molecule has 4 nitrogen and oxygen atoms in total. The maximum absolute atomic E-state index is 5.14. The maximum atomic E-state index is 5.14. The molecule has 0 radical (unpaired) electrons. The number of hydrogen-bond acceptors (Lipinski definition) is 4. The predicted molar refractivity (Wildman–Crippen MR) is 248 cm³/mol. The molecule has 1 aliphatic carbocycles. The van der Waals surface area contributed by atoms with Gasteiger partial charge in [-0.15, -0.1) is 0 Å². The fourth-order valence-corrected chi connectivity index (χ4v) is 8.34. The van der Waals surface area contributed by atoms with Crippen molar-refractivity contribution >= 4 is 22.6 Å². The number of benzene rings is 5. The Morgan fingerprint density at radius 1 is 0.450 bits per heavy atom. The lowest BCUT2D eigenvalue weighted by Crippen LogP contribution is -2.18. The minimum absolute atomic E-state index is 0.209. The van der Waals surface area contributed by atoms with Crippen molar-refractivity contribution < 1.29 is 0 Å². The lowest BCUT2D eigenvalue weighted by atomic mass is 9.77. The molecule has 4 aromatic heterocycles. The molecule has 5 aromatic carbocycles. The fourth-order valence-electron chi connectivity index (χ4n) is 8.34. The van der Waals surface area contributed by atoms with E-state index in [1.165, 1.54) is 33.4 Å². The highest BCUT2D eigenvalue weighted by Crippen LogP contribution is 2.39. The van der Waals surface area contributed by atoms with Crippen LogP contribution >= 0.6 is 0 Å². The predicted octanol–water partition coefficient (Wildman–Crippen LogP) is 13.7. The molecule has 0 bridgehead atoms.